The number of rotatable bonds is 3. The van der Waals surface area contributed by atoms with Gasteiger partial charge in [-0.05, 0) is 46.5 Å². The van der Waals surface area contributed by atoms with Crippen molar-refractivity contribution in [2.75, 3.05) is 13.1 Å². The van der Waals surface area contributed by atoms with Crippen molar-refractivity contribution < 1.29 is 24.2 Å². The number of carboxylic acids is 1. The molecule has 0 bridgehead atoms. The normalized spacial score (nSPS) is 25.1. The first-order valence-electron chi connectivity index (χ1n) is 7.09. The summed E-state index contributed by atoms with van der Waals surface area (Å²) in [6.45, 7) is 6.35. The molecular weight excluding hydrogens is 262 g/mol. The fraction of sp³-hybridized carbons (Fsp3) is 0.857. The maximum atomic E-state index is 11.9. The van der Waals surface area contributed by atoms with Crippen LogP contribution in [0.3, 0.4) is 0 Å². The molecule has 0 N–H and O–H groups in total. The van der Waals surface area contributed by atoms with Crippen LogP contribution in [0.4, 0.5) is 4.79 Å². The number of nitrogens with zero attached hydrogens (tertiary/aromatic N) is 1. The van der Waals surface area contributed by atoms with Gasteiger partial charge in [0.1, 0.15) is 11.2 Å². The monoisotopic (exact) mass is 284 g/mol. The van der Waals surface area contributed by atoms with Gasteiger partial charge in [0.15, 0.2) is 0 Å². The molecule has 1 aliphatic heterocycles. The van der Waals surface area contributed by atoms with E-state index >= 15 is 0 Å². The lowest BCUT2D eigenvalue weighted by atomic mass is 9.80. The number of carboxylic acid groups (broad SMARTS) is 1. The van der Waals surface area contributed by atoms with Gasteiger partial charge in [-0.25, -0.2) is 4.79 Å². The topological polar surface area (TPSA) is 78.9 Å². The van der Waals surface area contributed by atoms with E-state index in [0.29, 0.717) is 32.4 Å². The summed E-state index contributed by atoms with van der Waals surface area (Å²) < 4.78 is 11.0. The number of ether oxygens (including phenoxy) is 2. The number of aliphatic carboxylic acids is 1. The lowest BCUT2D eigenvalue weighted by Gasteiger charge is -2.44. The zero-order chi connectivity index (χ0) is 15.0. The summed E-state index contributed by atoms with van der Waals surface area (Å²) in [5, 5.41) is 11.2. The van der Waals surface area contributed by atoms with Gasteiger partial charge in [-0.1, -0.05) is 0 Å². The molecule has 0 aromatic heterocycles. The Morgan fingerprint density at radius 3 is 2.40 bits per heavy atom. The van der Waals surface area contributed by atoms with E-state index in [1.54, 1.807) is 4.90 Å². The summed E-state index contributed by atoms with van der Waals surface area (Å²) in [4.78, 5) is 24.6. The molecule has 1 unspecified atom stereocenters. The van der Waals surface area contributed by atoms with Crippen LogP contribution in [-0.2, 0) is 14.3 Å². The molecule has 6 heteroatoms. The Hall–Kier alpha value is -1.30. The largest absolute Gasteiger partial charge is 0.547 e. The van der Waals surface area contributed by atoms with Crippen LogP contribution in [0.5, 0.6) is 0 Å². The van der Waals surface area contributed by atoms with Crippen molar-refractivity contribution in [1.29, 1.82) is 0 Å². The van der Waals surface area contributed by atoms with Gasteiger partial charge in [-0.2, -0.15) is 0 Å². The first kappa shape index (κ1) is 15.1. The average Bonchev–Trinajstić information content (AvgIpc) is 2.68. The lowest BCUT2D eigenvalue weighted by molar-refractivity contribution is -0.336. The Morgan fingerprint density at radius 2 is 1.95 bits per heavy atom. The third-order valence-corrected chi connectivity index (χ3v) is 3.72. The predicted octanol–water partition coefficient (Wildman–Crippen LogP) is 0.685. The fourth-order valence-electron chi connectivity index (χ4n) is 2.50. The molecule has 1 heterocycles. The van der Waals surface area contributed by atoms with E-state index in [1.165, 1.54) is 0 Å². The van der Waals surface area contributed by atoms with E-state index in [4.69, 9.17) is 9.47 Å². The summed E-state index contributed by atoms with van der Waals surface area (Å²) in [6, 6.07) is 0. The third kappa shape index (κ3) is 3.23. The Morgan fingerprint density at radius 1 is 1.30 bits per heavy atom. The fourth-order valence-corrected chi connectivity index (χ4v) is 2.50. The average molecular weight is 284 g/mol. The number of hydrogen-bond donors (Lipinski definition) is 0. The summed E-state index contributed by atoms with van der Waals surface area (Å²) in [7, 11) is 0. The van der Waals surface area contributed by atoms with Gasteiger partial charge in [0.05, 0.1) is 18.6 Å². The van der Waals surface area contributed by atoms with Gasteiger partial charge in [0.25, 0.3) is 0 Å². The summed E-state index contributed by atoms with van der Waals surface area (Å²) in [6.07, 6.45) is 1.85. The molecular formula is C14H22NO5-. The highest BCUT2D eigenvalue weighted by molar-refractivity contribution is 5.76. The summed E-state index contributed by atoms with van der Waals surface area (Å²) >= 11 is 0. The highest BCUT2D eigenvalue weighted by Gasteiger charge is 2.43. The zero-order valence-corrected chi connectivity index (χ0v) is 12.3. The second-order valence-corrected chi connectivity index (χ2v) is 6.59. The maximum Gasteiger partial charge on any atom is 0.410 e. The molecule has 20 heavy (non-hydrogen) atoms. The Balaban J connectivity index is 1.86. The standard InChI is InChI=1S/C14H23NO5/c1-13(2,3)20-12(18)15-8-5-10(9-15)19-14(11(16)17)6-4-7-14/h10H,4-9H2,1-3H3,(H,16,17)/p-1. The van der Waals surface area contributed by atoms with Crippen molar-refractivity contribution in [3.8, 4) is 0 Å². The molecule has 1 aliphatic carbocycles. The number of amides is 1. The molecule has 1 amide bonds. The summed E-state index contributed by atoms with van der Waals surface area (Å²) in [5.74, 6) is -1.14. The number of hydrogen-bond acceptors (Lipinski definition) is 5. The van der Waals surface area contributed by atoms with E-state index in [1.807, 2.05) is 20.8 Å². The van der Waals surface area contributed by atoms with Gasteiger partial charge < -0.3 is 24.3 Å². The van der Waals surface area contributed by atoms with E-state index in [-0.39, 0.29) is 12.2 Å². The molecule has 0 aromatic rings. The predicted molar refractivity (Wildman–Crippen MR) is 68.9 cm³/mol. The van der Waals surface area contributed by atoms with Gasteiger partial charge >= 0.3 is 6.09 Å². The first-order valence-corrected chi connectivity index (χ1v) is 7.09. The molecule has 2 fully saturated rings. The van der Waals surface area contributed by atoms with Crippen molar-refractivity contribution in [3.05, 3.63) is 0 Å². The molecule has 1 saturated heterocycles. The highest BCUT2D eigenvalue weighted by Crippen LogP contribution is 2.37. The Labute approximate surface area is 119 Å². The SMILES string of the molecule is CC(C)(C)OC(=O)N1CCC(OC2(C(=O)[O-])CCC2)C1. The lowest BCUT2D eigenvalue weighted by Crippen LogP contribution is -2.56. The van der Waals surface area contributed by atoms with Crippen molar-refractivity contribution in [3.63, 3.8) is 0 Å². The number of carbonyl (C=O) groups excluding carboxylic acids is 2. The Bertz CT molecular complexity index is 397. The van der Waals surface area contributed by atoms with E-state index in [0.717, 1.165) is 6.42 Å². The van der Waals surface area contributed by atoms with Crippen LogP contribution < -0.4 is 5.11 Å². The number of carbonyl (C=O) groups is 2. The van der Waals surface area contributed by atoms with Crippen molar-refractivity contribution in [2.24, 2.45) is 0 Å². The molecule has 2 aliphatic rings. The minimum atomic E-state index is -1.14. The van der Waals surface area contributed by atoms with Gasteiger partial charge in [0.2, 0.25) is 0 Å². The van der Waals surface area contributed by atoms with Crippen LogP contribution in [0.1, 0.15) is 46.5 Å². The summed E-state index contributed by atoms with van der Waals surface area (Å²) in [5.41, 5.74) is -1.66. The molecule has 114 valence electrons. The molecule has 0 aromatic carbocycles. The van der Waals surface area contributed by atoms with Crippen LogP contribution >= 0.6 is 0 Å². The third-order valence-electron chi connectivity index (χ3n) is 3.72. The quantitative estimate of drug-likeness (QED) is 0.761. The van der Waals surface area contributed by atoms with E-state index < -0.39 is 17.2 Å². The van der Waals surface area contributed by atoms with Crippen LogP contribution in [0.2, 0.25) is 0 Å². The minimum Gasteiger partial charge on any atom is -0.547 e. The second-order valence-electron chi connectivity index (χ2n) is 6.59. The van der Waals surface area contributed by atoms with Crippen LogP contribution in [0, 0.1) is 0 Å². The zero-order valence-electron chi connectivity index (χ0n) is 12.3. The second kappa shape index (κ2) is 5.24. The number of likely N-dealkylation sites (tertiary alicyclic amines) is 1. The van der Waals surface area contributed by atoms with Gasteiger partial charge in [0, 0.05) is 6.54 Å². The molecule has 0 radical (unpaired) electrons. The van der Waals surface area contributed by atoms with E-state index in [9.17, 15) is 14.7 Å². The smallest absolute Gasteiger partial charge is 0.410 e. The minimum absolute atomic E-state index is 0.249. The molecule has 1 saturated carbocycles. The molecule has 2 rings (SSSR count). The van der Waals surface area contributed by atoms with Crippen molar-refractivity contribution in [2.45, 2.75) is 63.8 Å². The molecule has 0 spiro atoms. The van der Waals surface area contributed by atoms with Crippen molar-refractivity contribution >= 4 is 12.1 Å². The van der Waals surface area contributed by atoms with Gasteiger partial charge in [-0.15, -0.1) is 0 Å². The molecule has 1 atom stereocenters. The van der Waals surface area contributed by atoms with Crippen LogP contribution in [-0.4, -0.2) is 47.4 Å². The Kier molecular flexibility index (Phi) is 3.95. The molecule has 6 nitrogen and oxygen atoms in total. The van der Waals surface area contributed by atoms with E-state index in [2.05, 4.69) is 0 Å². The highest BCUT2D eigenvalue weighted by atomic mass is 16.6. The maximum absolute atomic E-state index is 11.9. The van der Waals surface area contributed by atoms with Crippen LogP contribution in [0.15, 0.2) is 0 Å². The first-order chi connectivity index (χ1) is 9.22. The van der Waals surface area contributed by atoms with Crippen LogP contribution in [0.25, 0.3) is 0 Å². The van der Waals surface area contributed by atoms with Crippen molar-refractivity contribution in [1.82, 2.24) is 4.90 Å². The van der Waals surface area contributed by atoms with Gasteiger partial charge in [-0.3, -0.25) is 0 Å².